The fraction of sp³-hybridized carbons (Fsp3) is 0.143. The molecule has 10 heteroatoms. The molecule has 0 fully saturated rings. The number of rotatable bonds is 6. The lowest BCUT2D eigenvalue weighted by Crippen LogP contribution is -2.15. The van der Waals surface area contributed by atoms with Crippen molar-refractivity contribution >= 4 is 29.1 Å². The molecule has 2 aromatic carbocycles. The second-order valence-electron chi connectivity index (χ2n) is 6.41. The third-order valence-electron chi connectivity index (χ3n) is 4.12. The van der Waals surface area contributed by atoms with Gasteiger partial charge in [-0.1, -0.05) is 23.4 Å². The summed E-state index contributed by atoms with van der Waals surface area (Å²) in [4.78, 5) is 17.0. The molecular formula is C21H15F5N2O2S. The minimum atomic E-state index is -4.62. The Morgan fingerprint density at radius 3 is 2.45 bits per heavy atom. The van der Waals surface area contributed by atoms with E-state index in [4.69, 9.17) is 0 Å². The quantitative estimate of drug-likeness (QED) is 0.275. The summed E-state index contributed by atoms with van der Waals surface area (Å²) in [6, 6.07) is 10.3. The Bertz CT molecular complexity index is 1100. The number of nitrogens with zero attached hydrogens (tertiary/aromatic N) is 1. The van der Waals surface area contributed by atoms with Crippen molar-refractivity contribution in [2.24, 2.45) is 5.16 Å². The van der Waals surface area contributed by atoms with E-state index in [0.29, 0.717) is 22.3 Å². The Balaban J connectivity index is 1.86. The molecule has 0 radical (unpaired) electrons. The number of halogens is 5. The van der Waals surface area contributed by atoms with Crippen LogP contribution in [0.5, 0.6) is 0 Å². The van der Waals surface area contributed by atoms with Crippen LogP contribution in [-0.4, -0.2) is 24.9 Å². The van der Waals surface area contributed by atoms with Gasteiger partial charge in [0.05, 0.1) is 16.7 Å². The van der Waals surface area contributed by atoms with Crippen LogP contribution in [0.4, 0.5) is 27.6 Å². The Kier molecular flexibility index (Phi) is 6.69. The number of anilines is 1. The lowest BCUT2D eigenvalue weighted by molar-refractivity contribution is -0.173. The molecule has 1 amide bonds. The summed E-state index contributed by atoms with van der Waals surface area (Å²) < 4.78 is 65.0. The molecule has 0 atom stereocenters. The molecule has 0 aliphatic heterocycles. The summed E-state index contributed by atoms with van der Waals surface area (Å²) in [6.07, 6.45) is -4.08. The largest absolute Gasteiger partial charge is 0.425 e. The molecule has 0 spiro atoms. The van der Waals surface area contributed by atoms with Gasteiger partial charge in [-0.15, -0.1) is 11.3 Å². The molecule has 0 saturated heterocycles. The number of nitrogens with one attached hydrogen (secondary N) is 1. The molecule has 3 rings (SSSR count). The highest BCUT2D eigenvalue weighted by atomic mass is 32.1. The minimum Gasteiger partial charge on any atom is -0.386 e. The molecule has 3 aromatic rings. The first kappa shape index (κ1) is 22.4. The smallest absolute Gasteiger partial charge is 0.386 e. The topological polar surface area (TPSA) is 50.7 Å². The first-order valence-corrected chi connectivity index (χ1v) is 9.69. The van der Waals surface area contributed by atoms with Crippen LogP contribution in [0.2, 0.25) is 0 Å². The second kappa shape index (κ2) is 9.25. The van der Waals surface area contributed by atoms with Crippen molar-refractivity contribution in [3.63, 3.8) is 0 Å². The molecule has 1 heterocycles. The van der Waals surface area contributed by atoms with Gasteiger partial charge in [-0.3, -0.25) is 4.79 Å². The van der Waals surface area contributed by atoms with Crippen molar-refractivity contribution in [1.82, 2.24) is 0 Å². The zero-order valence-corrected chi connectivity index (χ0v) is 16.8. The summed E-state index contributed by atoms with van der Waals surface area (Å²) in [7, 11) is 0. The average molecular weight is 454 g/mol. The first-order valence-electron chi connectivity index (χ1n) is 8.81. The van der Waals surface area contributed by atoms with Crippen LogP contribution in [-0.2, 0) is 4.84 Å². The van der Waals surface area contributed by atoms with Crippen molar-refractivity contribution in [1.29, 1.82) is 0 Å². The highest BCUT2D eigenvalue weighted by Gasteiger charge is 2.28. The van der Waals surface area contributed by atoms with Crippen LogP contribution in [0.25, 0.3) is 11.1 Å². The molecule has 1 aromatic heterocycles. The van der Waals surface area contributed by atoms with Crippen molar-refractivity contribution in [3.8, 4) is 11.1 Å². The molecule has 4 nitrogen and oxygen atoms in total. The fourth-order valence-corrected chi connectivity index (χ4v) is 3.51. The zero-order chi connectivity index (χ0) is 22.6. The molecular weight excluding hydrogens is 439 g/mol. The van der Waals surface area contributed by atoms with Crippen LogP contribution in [0, 0.1) is 18.6 Å². The standard InChI is InChI=1S/C21H15F5N2O2S/c1-12-6-7-31-19(12)20(29)28-18-5-3-2-4-14(18)13-8-16(22)15(17(23)9-13)10-27-30-11-21(24,25)26/h2-10H,11H2,1H3,(H,28,29). The van der Waals surface area contributed by atoms with Gasteiger partial charge >= 0.3 is 6.18 Å². The van der Waals surface area contributed by atoms with Crippen molar-refractivity contribution in [2.75, 3.05) is 11.9 Å². The molecule has 31 heavy (non-hydrogen) atoms. The average Bonchev–Trinajstić information content (AvgIpc) is 3.12. The summed E-state index contributed by atoms with van der Waals surface area (Å²) in [5.74, 6) is -2.46. The van der Waals surface area contributed by atoms with Gasteiger partial charge in [0.15, 0.2) is 0 Å². The highest BCUT2D eigenvalue weighted by Crippen LogP contribution is 2.31. The van der Waals surface area contributed by atoms with Crippen LogP contribution >= 0.6 is 11.3 Å². The number of amides is 1. The molecule has 0 saturated carbocycles. The third-order valence-corrected chi connectivity index (χ3v) is 5.13. The maximum atomic E-state index is 14.4. The SMILES string of the molecule is Cc1ccsc1C(=O)Nc1ccccc1-c1cc(F)c(C=NOCC(F)(F)F)c(F)c1. The van der Waals surface area contributed by atoms with Gasteiger partial charge in [0.2, 0.25) is 6.61 Å². The van der Waals surface area contributed by atoms with Crippen LogP contribution in [0.3, 0.4) is 0 Å². The van der Waals surface area contributed by atoms with Gasteiger partial charge in [-0.05, 0) is 47.7 Å². The van der Waals surface area contributed by atoms with E-state index >= 15 is 0 Å². The summed E-state index contributed by atoms with van der Waals surface area (Å²) in [5, 5.41) is 7.48. The van der Waals surface area contributed by atoms with E-state index in [1.54, 1.807) is 42.6 Å². The number of thiophene rings is 1. The minimum absolute atomic E-state index is 0.127. The number of hydrogen-bond acceptors (Lipinski definition) is 4. The molecule has 0 unspecified atom stereocenters. The van der Waals surface area contributed by atoms with Crippen molar-refractivity contribution < 1.29 is 31.6 Å². The number of hydrogen-bond donors (Lipinski definition) is 1. The van der Waals surface area contributed by atoms with Crippen molar-refractivity contribution in [2.45, 2.75) is 13.1 Å². The third kappa shape index (κ3) is 5.66. The van der Waals surface area contributed by atoms with Crippen LogP contribution in [0.1, 0.15) is 20.8 Å². The van der Waals surface area contributed by atoms with Gasteiger partial charge in [-0.25, -0.2) is 8.78 Å². The van der Waals surface area contributed by atoms with E-state index in [0.717, 1.165) is 17.7 Å². The monoisotopic (exact) mass is 454 g/mol. The first-order chi connectivity index (χ1) is 14.7. The summed E-state index contributed by atoms with van der Waals surface area (Å²) in [6.45, 7) is 0.113. The van der Waals surface area contributed by atoms with Crippen molar-refractivity contribution in [3.05, 3.63) is 75.5 Å². The lowest BCUT2D eigenvalue weighted by atomic mass is 10.0. The molecule has 0 bridgehead atoms. The molecule has 0 aliphatic rings. The van der Waals surface area contributed by atoms with Crippen LogP contribution < -0.4 is 5.32 Å². The maximum absolute atomic E-state index is 14.4. The highest BCUT2D eigenvalue weighted by molar-refractivity contribution is 7.12. The molecule has 162 valence electrons. The normalized spacial score (nSPS) is 11.7. The second-order valence-corrected chi connectivity index (χ2v) is 7.33. The number of benzene rings is 2. The number of para-hydroxylation sites is 1. The van der Waals surface area contributed by atoms with Gasteiger partial charge in [-0.2, -0.15) is 13.2 Å². The number of carbonyl (C=O) groups excluding carboxylic acids is 1. The summed E-state index contributed by atoms with van der Waals surface area (Å²) in [5.41, 5.74) is 0.978. The predicted molar refractivity (Wildman–Crippen MR) is 108 cm³/mol. The summed E-state index contributed by atoms with van der Waals surface area (Å²) >= 11 is 1.27. The van der Waals surface area contributed by atoms with E-state index in [2.05, 4.69) is 15.3 Å². The number of oxime groups is 1. The van der Waals surface area contributed by atoms with E-state index in [9.17, 15) is 26.7 Å². The number of aryl methyl sites for hydroxylation is 1. The van der Waals surface area contributed by atoms with E-state index in [-0.39, 0.29) is 11.5 Å². The molecule has 0 aliphatic carbocycles. The van der Waals surface area contributed by atoms with E-state index < -0.39 is 30.0 Å². The van der Waals surface area contributed by atoms with Crippen LogP contribution in [0.15, 0.2) is 53.0 Å². The predicted octanol–water partition coefficient (Wildman–Crippen LogP) is 6.17. The molecule has 1 N–H and O–H groups in total. The fourth-order valence-electron chi connectivity index (χ4n) is 2.69. The maximum Gasteiger partial charge on any atom is 0.425 e. The van der Waals surface area contributed by atoms with Gasteiger partial charge in [0.1, 0.15) is 11.6 Å². The lowest BCUT2D eigenvalue weighted by Gasteiger charge is -2.12. The Hall–Kier alpha value is -3.27. The van der Waals surface area contributed by atoms with Gasteiger partial charge in [0.25, 0.3) is 5.91 Å². The Morgan fingerprint density at radius 2 is 1.84 bits per heavy atom. The van der Waals surface area contributed by atoms with E-state index in [1.165, 1.54) is 11.3 Å². The number of carbonyl (C=O) groups is 1. The number of alkyl halides is 3. The Labute approximate surface area is 178 Å². The van der Waals surface area contributed by atoms with Gasteiger partial charge in [0, 0.05) is 11.3 Å². The van der Waals surface area contributed by atoms with Gasteiger partial charge < -0.3 is 10.2 Å². The zero-order valence-electron chi connectivity index (χ0n) is 16.0. The van der Waals surface area contributed by atoms with E-state index in [1.807, 2.05) is 0 Å². The Morgan fingerprint density at radius 1 is 1.16 bits per heavy atom.